The number of Topliss-reactive ketones (excluding diaryl/α,β-unsaturated/α-hetero) is 1. The zero-order valence-electron chi connectivity index (χ0n) is 10.0. The average Bonchev–Trinajstić information content (AvgIpc) is 2.35. The maximum atomic E-state index is 11.1. The SMILES string of the molecule is COc1ccc(/C=C/C(=O)C(C)=O)cc1OC. The van der Waals surface area contributed by atoms with Crippen LogP contribution in [0.1, 0.15) is 12.5 Å². The lowest BCUT2D eigenvalue weighted by atomic mass is 10.1. The van der Waals surface area contributed by atoms with Crippen molar-refractivity contribution in [2.45, 2.75) is 6.92 Å². The summed E-state index contributed by atoms with van der Waals surface area (Å²) in [6, 6.07) is 5.23. The van der Waals surface area contributed by atoms with Crippen LogP contribution >= 0.6 is 0 Å². The molecule has 0 N–H and O–H groups in total. The molecule has 4 nitrogen and oxygen atoms in total. The fourth-order valence-electron chi connectivity index (χ4n) is 1.25. The van der Waals surface area contributed by atoms with Crippen LogP contribution in [0, 0.1) is 0 Å². The van der Waals surface area contributed by atoms with Crippen LogP contribution in [0.2, 0.25) is 0 Å². The average molecular weight is 234 g/mol. The highest BCUT2D eigenvalue weighted by Gasteiger charge is 2.04. The van der Waals surface area contributed by atoms with E-state index in [1.54, 1.807) is 31.4 Å². The molecule has 90 valence electrons. The molecular formula is C13H14O4. The first-order valence-corrected chi connectivity index (χ1v) is 5.03. The predicted octanol–water partition coefficient (Wildman–Crippen LogP) is 1.88. The second-order valence-electron chi connectivity index (χ2n) is 3.37. The fourth-order valence-corrected chi connectivity index (χ4v) is 1.25. The van der Waals surface area contributed by atoms with Crippen LogP contribution in [0.15, 0.2) is 24.3 Å². The monoisotopic (exact) mass is 234 g/mol. The largest absolute Gasteiger partial charge is 0.493 e. The number of carbonyl (C=O) groups is 2. The van der Waals surface area contributed by atoms with Gasteiger partial charge in [-0.25, -0.2) is 0 Å². The third kappa shape index (κ3) is 3.45. The first-order chi connectivity index (χ1) is 8.08. The Hall–Kier alpha value is -2.10. The third-order valence-electron chi connectivity index (χ3n) is 2.18. The lowest BCUT2D eigenvalue weighted by molar-refractivity contribution is -0.132. The third-order valence-corrected chi connectivity index (χ3v) is 2.18. The van der Waals surface area contributed by atoms with Crippen LogP contribution in [-0.2, 0) is 9.59 Å². The predicted molar refractivity (Wildman–Crippen MR) is 64.3 cm³/mol. The summed E-state index contributed by atoms with van der Waals surface area (Å²) in [7, 11) is 3.08. The minimum Gasteiger partial charge on any atom is -0.493 e. The van der Waals surface area contributed by atoms with Gasteiger partial charge in [0.05, 0.1) is 14.2 Å². The molecule has 0 aliphatic carbocycles. The van der Waals surface area contributed by atoms with Gasteiger partial charge in [0, 0.05) is 6.92 Å². The Morgan fingerprint density at radius 2 is 1.76 bits per heavy atom. The van der Waals surface area contributed by atoms with E-state index in [1.165, 1.54) is 20.1 Å². The molecule has 1 rings (SSSR count). The summed E-state index contributed by atoms with van der Waals surface area (Å²) < 4.78 is 10.2. The molecule has 0 saturated heterocycles. The highest BCUT2D eigenvalue weighted by Crippen LogP contribution is 2.27. The van der Waals surface area contributed by atoms with Crippen molar-refractivity contribution in [3.05, 3.63) is 29.8 Å². The molecule has 0 fully saturated rings. The van der Waals surface area contributed by atoms with E-state index >= 15 is 0 Å². The van der Waals surface area contributed by atoms with E-state index in [-0.39, 0.29) is 0 Å². The molecule has 0 aromatic heterocycles. The van der Waals surface area contributed by atoms with E-state index in [0.29, 0.717) is 11.5 Å². The first-order valence-electron chi connectivity index (χ1n) is 5.03. The van der Waals surface area contributed by atoms with E-state index in [4.69, 9.17) is 9.47 Å². The molecule has 1 aromatic rings. The Bertz CT molecular complexity index is 460. The van der Waals surface area contributed by atoms with Crippen molar-refractivity contribution in [1.82, 2.24) is 0 Å². The minimum absolute atomic E-state index is 0.485. The molecule has 0 bridgehead atoms. The summed E-state index contributed by atoms with van der Waals surface area (Å²) in [6.07, 6.45) is 2.80. The number of benzene rings is 1. The van der Waals surface area contributed by atoms with Gasteiger partial charge in [0.25, 0.3) is 0 Å². The lowest BCUT2D eigenvalue weighted by Crippen LogP contribution is -2.04. The van der Waals surface area contributed by atoms with E-state index in [0.717, 1.165) is 5.56 Å². The van der Waals surface area contributed by atoms with Crippen molar-refractivity contribution in [2.75, 3.05) is 14.2 Å². The number of hydrogen-bond acceptors (Lipinski definition) is 4. The number of allylic oxidation sites excluding steroid dienone is 1. The quantitative estimate of drug-likeness (QED) is 0.576. The van der Waals surface area contributed by atoms with Crippen LogP contribution in [0.3, 0.4) is 0 Å². The summed E-state index contributed by atoms with van der Waals surface area (Å²) in [6.45, 7) is 1.24. The van der Waals surface area contributed by atoms with Gasteiger partial charge in [-0.15, -0.1) is 0 Å². The summed E-state index contributed by atoms with van der Waals surface area (Å²) >= 11 is 0. The molecule has 0 spiro atoms. The molecule has 4 heteroatoms. The Morgan fingerprint density at radius 1 is 1.12 bits per heavy atom. The van der Waals surface area contributed by atoms with E-state index in [9.17, 15) is 9.59 Å². The number of methoxy groups -OCH3 is 2. The topological polar surface area (TPSA) is 52.6 Å². The van der Waals surface area contributed by atoms with Crippen molar-refractivity contribution < 1.29 is 19.1 Å². The van der Waals surface area contributed by atoms with E-state index in [1.807, 2.05) is 0 Å². The number of rotatable bonds is 5. The van der Waals surface area contributed by atoms with Crippen molar-refractivity contribution in [3.63, 3.8) is 0 Å². The van der Waals surface area contributed by atoms with Gasteiger partial charge >= 0.3 is 0 Å². The zero-order chi connectivity index (χ0) is 12.8. The molecule has 0 atom stereocenters. The summed E-state index contributed by atoms with van der Waals surface area (Å²) in [4.78, 5) is 21.8. The smallest absolute Gasteiger partial charge is 0.221 e. The van der Waals surface area contributed by atoms with Gasteiger partial charge in [-0.3, -0.25) is 9.59 Å². The molecule has 0 unspecified atom stereocenters. The van der Waals surface area contributed by atoms with E-state index < -0.39 is 11.6 Å². The van der Waals surface area contributed by atoms with Crippen molar-refractivity contribution in [2.24, 2.45) is 0 Å². The lowest BCUT2D eigenvalue weighted by Gasteiger charge is -2.07. The van der Waals surface area contributed by atoms with Gasteiger partial charge in [-0.2, -0.15) is 0 Å². The van der Waals surface area contributed by atoms with Crippen LogP contribution < -0.4 is 9.47 Å². The molecule has 0 heterocycles. The summed E-state index contributed by atoms with van der Waals surface area (Å²) in [5.41, 5.74) is 0.761. The maximum absolute atomic E-state index is 11.1. The molecule has 1 aromatic carbocycles. The van der Waals surface area contributed by atoms with E-state index in [2.05, 4.69) is 0 Å². The number of ether oxygens (including phenoxy) is 2. The molecule has 0 aliphatic heterocycles. The molecule has 0 amide bonds. The molecular weight excluding hydrogens is 220 g/mol. The minimum atomic E-state index is -0.528. The molecule has 0 saturated carbocycles. The Labute approximate surface area is 99.8 Å². The van der Waals surface area contributed by atoms with Gasteiger partial charge in [0.1, 0.15) is 0 Å². The van der Waals surface area contributed by atoms with Gasteiger partial charge in [0.2, 0.25) is 5.78 Å². The molecule has 0 radical (unpaired) electrons. The van der Waals surface area contributed by atoms with Crippen LogP contribution in [-0.4, -0.2) is 25.8 Å². The second kappa shape index (κ2) is 5.84. The van der Waals surface area contributed by atoms with Crippen LogP contribution in [0.4, 0.5) is 0 Å². The fraction of sp³-hybridized carbons (Fsp3) is 0.231. The number of carbonyl (C=O) groups excluding carboxylic acids is 2. The summed E-state index contributed by atoms with van der Waals surface area (Å²) in [5, 5.41) is 0. The van der Waals surface area contributed by atoms with Crippen molar-refractivity contribution >= 4 is 17.6 Å². The number of hydrogen-bond donors (Lipinski definition) is 0. The summed E-state index contributed by atoms with van der Waals surface area (Å²) in [5.74, 6) is 0.175. The van der Waals surface area contributed by atoms with Crippen molar-refractivity contribution in [3.8, 4) is 11.5 Å². The Balaban J connectivity index is 2.93. The maximum Gasteiger partial charge on any atom is 0.221 e. The van der Waals surface area contributed by atoms with Gasteiger partial charge < -0.3 is 9.47 Å². The van der Waals surface area contributed by atoms with Gasteiger partial charge in [0.15, 0.2) is 17.3 Å². The van der Waals surface area contributed by atoms with Gasteiger partial charge in [-0.1, -0.05) is 12.1 Å². The number of ketones is 2. The highest BCUT2D eigenvalue weighted by molar-refractivity contribution is 6.41. The normalized spacial score (nSPS) is 10.3. The Morgan fingerprint density at radius 3 is 2.29 bits per heavy atom. The highest BCUT2D eigenvalue weighted by atomic mass is 16.5. The molecule has 0 aliphatic rings. The Kier molecular flexibility index (Phi) is 4.46. The standard InChI is InChI=1S/C13H14O4/c1-9(14)11(15)6-4-10-5-7-12(16-2)13(8-10)17-3/h4-8H,1-3H3/b6-4+. The first kappa shape index (κ1) is 13.0. The second-order valence-corrected chi connectivity index (χ2v) is 3.37. The van der Waals surface area contributed by atoms with Crippen LogP contribution in [0.5, 0.6) is 11.5 Å². The zero-order valence-corrected chi connectivity index (χ0v) is 10.0. The molecule has 17 heavy (non-hydrogen) atoms. The van der Waals surface area contributed by atoms with Gasteiger partial charge in [-0.05, 0) is 23.8 Å². The van der Waals surface area contributed by atoms with Crippen molar-refractivity contribution in [1.29, 1.82) is 0 Å². The van der Waals surface area contributed by atoms with Crippen LogP contribution in [0.25, 0.3) is 6.08 Å².